The molecule has 4 aromatic rings. The Morgan fingerprint density at radius 2 is 1.48 bits per heavy atom. The van der Waals surface area contributed by atoms with Gasteiger partial charge in [-0.15, -0.1) is 0 Å². The number of anilines is 1. The van der Waals surface area contributed by atoms with Crippen molar-refractivity contribution < 1.29 is 19.1 Å². The van der Waals surface area contributed by atoms with Crippen LogP contribution < -0.4 is 10.1 Å². The van der Waals surface area contributed by atoms with Crippen LogP contribution in [-0.2, 0) is 10.2 Å². The molecule has 4 aromatic carbocycles. The third-order valence-corrected chi connectivity index (χ3v) is 8.55. The molecule has 4 atom stereocenters. The fraction of sp³-hybridized carbons (Fsp3) is 0.147. The lowest BCUT2D eigenvalue weighted by molar-refractivity contribution is -0.122. The van der Waals surface area contributed by atoms with Gasteiger partial charge in [-0.2, -0.15) is 0 Å². The van der Waals surface area contributed by atoms with Crippen molar-refractivity contribution in [1.29, 1.82) is 0 Å². The molecule has 196 valence electrons. The third kappa shape index (κ3) is 3.26. The van der Waals surface area contributed by atoms with Crippen molar-refractivity contribution in [1.82, 2.24) is 4.90 Å². The minimum atomic E-state index is -1.34. The number of benzene rings is 4. The average Bonchev–Trinajstić information content (AvgIpc) is 3.49. The van der Waals surface area contributed by atoms with Gasteiger partial charge in [-0.05, 0) is 53.1 Å². The molecule has 1 saturated heterocycles. The molecular weight excluding hydrogens is 500 g/mol. The number of nitrogens with one attached hydrogen (secondary N) is 1. The van der Waals surface area contributed by atoms with Crippen LogP contribution >= 0.6 is 0 Å². The van der Waals surface area contributed by atoms with Gasteiger partial charge in [0.2, 0.25) is 5.91 Å². The van der Waals surface area contributed by atoms with E-state index in [-0.39, 0.29) is 17.5 Å². The highest BCUT2D eigenvalue weighted by Crippen LogP contribution is 2.62. The summed E-state index contributed by atoms with van der Waals surface area (Å²) in [6, 6.07) is 29.8. The first-order chi connectivity index (χ1) is 19.6. The number of ketones is 2. The largest absolute Gasteiger partial charge is 0.497 e. The number of hydrogen-bond donors (Lipinski definition) is 1. The smallest absolute Gasteiger partial charge is 0.238 e. The van der Waals surface area contributed by atoms with Gasteiger partial charge < -0.3 is 15.0 Å². The van der Waals surface area contributed by atoms with Crippen LogP contribution in [-0.4, -0.2) is 35.5 Å². The molecule has 1 fully saturated rings. The number of hydrogen-bond acceptors (Lipinski definition) is 5. The highest BCUT2D eigenvalue weighted by Gasteiger charge is 2.70. The number of carbonyl (C=O) groups is 3. The highest BCUT2D eigenvalue weighted by molar-refractivity contribution is 6.16. The zero-order valence-electron chi connectivity index (χ0n) is 21.8. The topological polar surface area (TPSA) is 75.7 Å². The van der Waals surface area contributed by atoms with Crippen LogP contribution in [0.15, 0.2) is 109 Å². The van der Waals surface area contributed by atoms with Gasteiger partial charge in [-0.3, -0.25) is 14.4 Å². The molecule has 0 aromatic heterocycles. The number of Topliss-reactive ketones (excluding diaryl/α,β-unsaturated/α-hetero) is 2. The van der Waals surface area contributed by atoms with Crippen LogP contribution in [0, 0.1) is 5.92 Å². The molecule has 0 aliphatic carbocycles. The second-order valence-electron chi connectivity index (χ2n) is 10.4. The molecule has 0 unspecified atom stereocenters. The summed E-state index contributed by atoms with van der Waals surface area (Å²) in [7, 11) is 1.57. The summed E-state index contributed by atoms with van der Waals surface area (Å²) in [5.41, 5.74) is 2.84. The molecule has 0 bridgehead atoms. The predicted octanol–water partition coefficient (Wildman–Crippen LogP) is 5.68. The van der Waals surface area contributed by atoms with Crippen LogP contribution in [0.25, 0.3) is 6.08 Å². The number of rotatable bonds is 5. The van der Waals surface area contributed by atoms with E-state index < -0.39 is 23.4 Å². The lowest BCUT2D eigenvalue weighted by Gasteiger charge is -2.38. The van der Waals surface area contributed by atoms with Crippen molar-refractivity contribution in [2.45, 2.75) is 17.5 Å². The van der Waals surface area contributed by atoms with E-state index >= 15 is 0 Å². The Labute approximate surface area is 231 Å². The summed E-state index contributed by atoms with van der Waals surface area (Å²) in [6.07, 6.45) is 3.85. The maximum Gasteiger partial charge on any atom is 0.238 e. The molecule has 6 heteroatoms. The van der Waals surface area contributed by atoms with E-state index in [0.717, 1.165) is 16.7 Å². The van der Waals surface area contributed by atoms with Gasteiger partial charge in [0.1, 0.15) is 17.2 Å². The first-order valence-electron chi connectivity index (χ1n) is 13.3. The Bertz CT molecular complexity index is 1690. The van der Waals surface area contributed by atoms with E-state index in [1.54, 1.807) is 43.5 Å². The van der Waals surface area contributed by atoms with E-state index in [4.69, 9.17) is 4.74 Å². The summed E-state index contributed by atoms with van der Waals surface area (Å²) in [5.74, 6) is -1.12. The molecule has 3 heterocycles. The number of para-hydroxylation sites is 1. The maximum absolute atomic E-state index is 14.7. The predicted molar refractivity (Wildman–Crippen MR) is 152 cm³/mol. The van der Waals surface area contributed by atoms with Crippen LogP contribution in [0.1, 0.15) is 43.4 Å². The Morgan fingerprint density at radius 1 is 0.800 bits per heavy atom. The molecular formula is C34H26N2O4. The van der Waals surface area contributed by atoms with Gasteiger partial charge in [0, 0.05) is 23.0 Å². The fourth-order valence-corrected chi connectivity index (χ4v) is 6.88. The first kappa shape index (κ1) is 24.1. The Morgan fingerprint density at radius 3 is 2.25 bits per heavy atom. The molecule has 1 amide bonds. The average molecular weight is 527 g/mol. The summed E-state index contributed by atoms with van der Waals surface area (Å²) < 4.78 is 5.32. The number of ether oxygens (including phenoxy) is 1. The summed E-state index contributed by atoms with van der Waals surface area (Å²) >= 11 is 0. The Kier molecular flexibility index (Phi) is 5.46. The van der Waals surface area contributed by atoms with E-state index in [1.807, 2.05) is 83.9 Å². The maximum atomic E-state index is 14.7. The van der Waals surface area contributed by atoms with Crippen LogP contribution in [0.3, 0.4) is 0 Å². The summed E-state index contributed by atoms with van der Waals surface area (Å²) in [5, 5.41) is 3.07. The van der Waals surface area contributed by atoms with Gasteiger partial charge in [0.15, 0.2) is 11.6 Å². The summed E-state index contributed by atoms with van der Waals surface area (Å²) in [6.45, 7) is 0. The standard InChI is InChI=1S/C34H26N2O4/c1-40-24-17-15-23(16-18-24)30(37)28-29(31(38)22-10-3-2-4-11-22)36-20-19-21-9-5-6-12-25(21)32(36)34(28)26-13-7-8-14-27(26)35-33(34)39/h2-20,28-29,32H,1H3,(H,35,39)/t28-,29-,32-,34-/m1/s1. The highest BCUT2D eigenvalue weighted by atomic mass is 16.5. The molecule has 6 nitrogen and oxygen atoms in total. The molecule has 1 spiro atoms. The first-order valence-corrected chi connectivity index (χ1v) is 13.3. The molecule has 1 N–H and O–H groups in total. The van der Waals surface area contributed by atoms with Crippen LogP contribution in [0.5, 0.6) is 5.75 Å². The van der Waals surface area contributed by atoms with Gasteiger partial charge in [-0.1, -0.05) is 72.8 Å². The van der Waals surface area contributed by atoms with Crippen molar-refractivity contribution >= 4 is 29.2 Å². The number of carbonyl (C=O) groups excluding carboxylic acids is 3. The third-order valence-electron chi connectivity index (χ3n) is 8.55. The number of nitrogens with zero attached hydrogens (tertiary/aromatic N) is 1. The van der Waals surface area contributed by atoms with Crippen molar-refractivity contribution in [2.75, 3.05) is 12.4 Å². The van der Waals surface area contributed by atoms with E-state index in [1.165, 1.54) is 0 Å². The Hall–Kier alpha value is -4.97. The van der Waals surface area contributed by atoms with Crippen LogP contribution in [0.4, 0.5) is 5.69 Å². The number of amides is 1. The van der Waals surface area contributed by atoms with Gasteiger partial charge in [-0.25, -0.2) is 0 Å². The molecule has 3 aliphatic heterocycles. The Balaban J connectivity index is 1.53. The van der Waals surface area contributed by atoms with Gasteiger partial charge in [0.25, 0.3) is 0 Å². The lowest BCUT2D eigenvalue weighted by Crippen LogP contribution is -2.49. The molecule has 7 rings (SSSR count). The molecule has 40 heavy (non-hydrogen) atoms. The van der Waals surface area contributed by atoms with Crippen molar-refractivity contribution in [3.05, 3.63) is 137 Å². The van der Waals surface area contributed by atoms with Crippen molar-refractivity contribution in [2.24, 2.45) is 5.92 Å². The summed E-state index contributed by atoms with van der Waals surface area (Å²) in [4.78, 5) is 45.6. The fourth-order valence-electron chi connectivity index (χ4n) is 6.88. The van der Waals surface area contributed by atoms with Gasteiger partial charge in [0.05, 0.1) is 19.1 Å². The van der Waals surface area contributed by atoms with Crippen LogP contribution in [0.2, 0.25) is 0 Å². The quantitative estimate of drug-likeness (QED) is 0.339. The number of fused-ring (bicyclic) bond motifs is 6. The minimum Gasteiger partial charge on any atom is -0.497 e. The van der Waals surface area contributed by atoms with Crippen molar-refractivity contribution in [3.63, 3.8) is 0 Å². The zero-order chi connectivity index (χ0) is 27.4. The monoisotopic (exact) mass is 526 g/mol. The van der Waals surface area contributed by atoms with Gasteiger partial charge >= 0.3 is 0 Å². The van der Waals surface area contributed by atoms with E-state index in [0.29, 0.717) is 22.6 Å². The molecule has 0 radical (unpaired) electrons. The van der Waals surface area contributed by atoms with Crippen molar-refractivity contribution in [3.8, 4) is 5.75 Å². The molecule has 0 saturated carbocycles. The normalized spacial score (nSPS) is 23.8. The number of methoxy groups -OCH3 is 1. The molecule has 3 aliphatic rings. The lowest BCUT2D eigenvalue weighted by atomic mass is 9.62. The second kappa shape index (κ2) is 9.06. The second-order valence-corrected chi connectivity index (χ2v) is 10.4. The SMILES string of the molecule is COc1ccc(C(=O)[C@H]2[C@H](C(=O)c3ccccc3)N3C=Cc4ccccc4[C@@H]3[C@]23C(=O)Nc2ccccc23)cc1. The minimum absolute atomic E-state index is 0.199. The zero-order valence-corrected chi connectivity index (χ0v) is 21.8. The van der Waals surface area contributed by atoms with E-state index in [2.05, 4.69) is 5.32 Å². The van der Waals surface area contributed by atoms with E-state index in [9.17, 15) is 14.4 Å².